The molecule has 1 N–H and O–H groups in total. The summed E-state index contributed by atoms with van der Waals surface area (Å²) in [5.74, 6) is -0.455. The zero-order valence-electron chi connectivity index (χ0n) is 12.8. The Kier molecular flexibility index (Phi) is 5.14. The molecule has 1 aliphatic rings. The predicted octanol–water partition coefficient (Wildman–Crippen LogP) is 1.16. The zero-order valence-corrected chi connectivity index (χ0v) is 12.8. The summed E-state index contributed by atoms with van der Waals surface area (Å²) >= 11 is 0. The van der Waals surface area contributed by atoms with Gasteiger partial charge in [0.05, 0.1) is 13.5 Å². The Bertz CT molecular complexity index is 598. The van der Waals surface area contributed by atoms with Crippen LogP contribution in [-0.2, 0) is 32.1 Å². The summed E-state index contributed by atoms with van der Waals surface area (Å²) in [6, 6.07) is 5.82. The van der Waals surface area contributed by atoms with Gasteiger partial charge in [-0.1, -0.05) is 12.1 Å². The van der Waals surface area contributed by atoms with E-state index in [4.69, 9.17) is 0 Å². The molecule has 0 radical (unpaired) electrons. The summed E-state index contributed by atoms with van der Waals surface area (Å²) in [5.41, 5.74) is 3.02. The number of amides is 2. The van der Waals surface area contributed by atoms with E-state index in [-0.39, 0.29) is 24.7 Å². The van der Waals surface area contributed by atoms with Gasteiger partial charge in [0.1, 0.15) is 0 Å². The lowest BCUT2D eigenvalue weighted by Gasteiger charge is -2.26. The van der Waals surface area contributed by atoms with Crippen LogP contribution in [0.3, 0.4) is 0 Å². The van der Waals surface area contributed by atoms with Crippen LogP contribution in [0.15, 0.2) is 18.2 Å². The highest BCUT2D eigenvalue weighted by atomic mass is 16.5. The van der Waals surface area contributed by atoms with Crippen LogP contribution >= 0.6 is 0 Å². The fourth-order valence-corrected chi connectivity index (χ4v) is 2.43. The zero-order chi connectivity index (χ0) is 16.1. The molecule has 0 atom stereocenters. The number of esters is 1. The number of hydrogen-bond acceptors (Lipinski definition) is 4. The molecule has 0 unspecified atom stereocenters. The molecule has 0 saturated heterocycles. The molecule has 0 spiro atoms. The fraction of sp³-hybridized carbons (Fsp3) is 0.438. The van der Waals surface area contributed by atoms with Crippen LogP contribution in [0.2, 0.25) is 0 Å². The quantitative estimate of drug-likeness (QED) is 0.828. The van der Waals surface area contributed by atoms with Gasteiger partial charge in [-0.25, -0.2) is 0 Å². The van der Waals surface area contributed by atoms with Crippen molar-refractivity contribution in [3.05, 3.63) is 29.3 Å². The number of nitrogens with zero attached hydrogens (tertiary/aromatic N) is 1. The fourth-order valence-electron chi connectivity index (χ4n) is 2.43. The van der Waals surface area contributed by atoms with Crippen molar-refractivity contribution < 1.29 is 19.1 Å². The number of nitrogens with one attached hydrogen (secondary N) is 1. The number of anilines is 1. The lowest BCUT2D eigenvalue weighted by Crippen LogP contribution is -2.31. The van der Waals surface area contributed by atoms with Gasteiger partial charge in [0.15, 0.2) is 0 Å². The van der Waals surface area contributed by atoms with Crippen LogP contribution in [-0.4, -0.2) is 31.9 Å². The first-order valence-electron chi connectivity index (χ1n) is 7.23. The van der Waals surface area contributed by atoms with Crippen molar-refractivity contribution in [2.45, 2.75) is 32.2 Å². The molecule has 0 fully saturated rings. The maximum absolute atomic E-state index is 11.6. The standard InChI is InChI=1S/C16H20N2O4/c1-18-13-5-3-11(9-12(13)4-7-15(18)20)10-17-14(19)6-8-16(21)22-2/h3,5,9H,4,6-8,10H2,1-2H3,(H,17,19). The largest absolute Gasteiger partial charge is 0.469 e. The minimum atomic E-state index is -0.392. The third kappa shape index (κ3) is 3.84. The normalized spacial score (nSPS) is 13.5. The van der Waals surface area contributed by atoms with Crippen LogP contribution < -0.4 is 10.2 Å². The smallest absolute Gasteiger partial charge is 0.306 e. The highest BCUT2D eigenvalue weighted by Crippen LogP contribution is 2.27. The number of benzene rings is 1. The van der Waals surface area contributed by atoms with Gasteiger partial charge < -0.3 is 15.0 Å². The van der Waals surface area contributed by atoms with Crippen molar-refractivity contribution in [3.63, 3.8) is 0 Å². The van der Waals surface area contributed by atoms with E-state index < -0.39 is 5.97 Å². The molecule has 6 nitrogen and oxygen atoms in total. The van der Waals surface area contributed by atoms with Crippen LogP contribution in [0.5, 0.6) is 0 Å². The molecular weight excluding hydrogens is 284 g/mol. The van der Waals surface area contributed by atoms with Gasteiger partial charge in [-0.3, -0.25) is 14.4 Å². The lowest BCUT2D eigenvalue weighted by molar-refractivity contribution is -0.142. The maximum Gasteiger partial charge on any atom is 0.306 e. The first kappa shape index (κ1) is 16.0. The monoisotopic (exact) mass is 304 g/mol. The number of carbonyl (C=O) groups is 3. The van der Waals surface area contributed by atoms with Gasteiger partial charge in [0, 0.05) is 32.1 Å². The van der Waals surface area contributed by atoms with E-state index in [1.807, 2.05) is 18.2 Å². The number of fused-ring (bicyclic) bond motifs is 1. The van der Waals surface area contributed by atoms with Crippen molar-refractivity contribution in [1.29, 1.82) is 0 Å². The number of rotatable bonds is 5. The van der Waals surface area contributed by atoms with E-state index in [2.05, 4.69) is 10.1 Å². The number of ether oxygens (including phenoxy) is 1. The highest BCUT2D eigenvalue weighted by Gasteiger charge is 2.20. The third-order valence-electron chi connectivity index (χ3n) is 3.76. The Balaban J connectivity index is 1.90. The molecule has 22 heavy (non-hydrogen) atoms. The molecule has 1 aromatic carbocycles. The summed E-state index contributed by atoms with van der Waals surface area (Å²) in [6.45, 7) is 0.408. The van der Waals surface area contributed by atoms with Crippen molar-refractivity contribution >= 4 is 23.5 Å². The van der Waals surface area contributed by atoms with E-state index in [1.165, 1.54) is 7.11 Å². The molecule has 0 aliphatic carbocycles. The Morgan fingerprint density at radius 2 is 2.05 bits per heavy atom. The van der Waals surface area contributed by atoms with Crippen LogP contribution in [0.4, 0.5) is 5.69 Å². The van der Waals surface area contributed by atoms with E-state index >= 15 is 0 Å². The van der Waals surface area contributed by atoms with Gasteiger partial charge in [-0.15, -0.1) is 0 Å². The maximum atomic E-state index is 11.6. The van der Waals surface area contributed by atoms with Gasteiger partial charge >= 0.3 is 5.97 Å². The van der Waals surface area contributed by atoms with Crippen LogP contribution in [0.25, 0.3) is 0 Å². The Hall–Kier alpha value is -2.37. The minimum Gasteiger partial charge on any atom is -0.469 e. The van der Waals surface area contributed by atoms with E-state index in [0.29, 0.717) is 13.0 Å². The van der Waals surface area contributed by atoms with Gasteiger partial charge in [0.25, 0.3) is 0 Å². The van der Waals surface area contributed by atoms with Crippen molar-refractivity contribution in [2.75, 3.05) is 19.1 Å². The van der Waals surface area contributed by atoms with E-state index in [9.17, 15) is 14.4 Å². The summed E-state index contributed by atoms with van der Waals surface area (Å²) in [6.07, 6.45) is 1.44. The molecule has 1 aromatic rings. The predicted molar refractivity (Wildman–Crippen MR) is 81.3 cm³/mol. The van der Waals surface area contributed by atoms with Crippen molar-refractivity contribution in [3.8, 4) is 0 Å². The minimum absolute atomic E-state index is 0.0828. The van der Waals surface area contributed by atoms with Gasteiger partial charge in [-0.2, -0.15) is 0 Å². The molecule has 1 aliphatic heterocycles. The molecule has 1 heterocycles. The Morgan fingerprint density at radius 3 is 2.77 bits per heavy atom. The average molecular weight is 304 g/mol. The SMILES string of the molecule is COC(=O)CCC(=O)NCc1ccc2c(c1)CCC(=O)N2C. The van der Waals surface area contributed by atoms with Crippen molar-refractivity contribution in [1.82, 2.24) is 5.32 Å². The molecule has 0 bridgehead atoms. The van der Waals surface area contributed by atoms with E-state index in [0.717, 1.165) is 23.2 Å². The summed E-state index contributed by atoms with van der Waals surface area (Å²) in [5, 5.41) is 2.78. The summed E-state index contributed by atoms with van der Waals surface area (Å²) in [4.78, 5) is 35.9. The van der Waals surface area contributed by atoms with Crippen LogP contribution in [0.1, 0.15) is 30.4 Å². The second-order valence-corrected chi connectivity index (χ2v) is 5.27. The second-order valence-electron chi connectivity index (χ2n) is 5.27. The number of carbonyl (C=O) groups excluding carboxylic acids is 3. The first-order chi connectivity index (χ1) is 10.5. The molecule has 2 amide bonds. The van der Waals surface area contributed by atoms with Gasteiger partial charge in [0.2, 0.25) is 11.8 Å². The third-order valence-corrected chi connectivity index (χ3v) is 3.76. The first-order valence-corrected chi connectivity index (χ1v) is 7.23. The summed E-state index contributed by atoms with van der Waals surface area (Å²) in [7, 11) is 3.07. The topological polar surface area (TPSA) is 75.7 Å². The van der Waals surface area contributed by atoms with Gasteiger partial charge in [-0.05, 0) is 23.6 Å². The Morgan fingerprint density at radius 1 is 1.27 bits per heavy atom. The number of methoxy groups -OCH3 is 1. The molecular formula is C16H20N2O4. The molecule has 2 rings (SSSR count). The number of hydrogen-bond donors (Lipinski definition) is 1. The molecule has 0 saturated carbocycles. The second kappa shape index (κ2) is 7.06. The Labute approximate surface area is 129 Å². The molecule has 0 aromatic heterocycles. The average Bonchev–Trinajstić information content (AvgIpc) is 2.54. The lowest BCUT2D eigenvalue weighted by atomic mass is 9.99. The summed E-state index contributed by atoms with van der Waals surface area (Å²) < 4.78 is 4.49. The molecule has 6 heteroatoms. The highest BCUT2D eigenvalue weighted by molar-refractivity contribution is 5.95. The molecule has 118 valence electrons. The van der Waals surface area contributed by atoms with E-state index in [1.54, 1.807) is 11.9 Å². The van der Waals surface area contributed by atoms with Crippen molar-refractivity contribution in [2.24, 2.45) is 0 Å². The number of aryl methyl sites for hydroxylation is 1. The van der Waals surface area contributed by atoms with Crippen LogP contribution in [0, 0.1) is 0 Å².